The molecular weight excluding hydrogens is 484 g/mol. The Kier molecular flexibility index (Phi) is 6.84. The maximum Gasteiger partial charge on any atom is 0.0893 e. The molecule has 0 aliphatic rings. The summed E-state index contributed by atoms with van der Waals surface area (Å²) in [6, 6.07) is 43.0. The summed E-state index contributed by atoms with van der Waals surface area (Å²) < 4.78 is 0. The molecule has 0 spiro atoms. The first-order chi connectivity index (χ1) is 19.4. The summed E-state index contributed by atoms with van der Waals surface area (Å²) in [6.45, 7) is 8.52. The standard InChI is InChI=1S/C38H32N2/c1-25-11-17-29(18-12-25)31-21-15-27(3)33(23-31)35-7-5-9-37(39-35)38-10-6-8-36(40-38)34-24-32(22-16-28(34)4)30-19-13-26(2)14-20-30/h5-24H,1-4H3. The van der Waals surface area contributed by atoms with Gasteiger partial charge in [-0.15, -0.1) is 0 Å². The number of nitrogens with zero attached hydrogens (tertiary/aromatic N) is 2. The van der Waals surface area contributed by atoms with Crippen LogP contribution in [0, 0.1) is 27.7 Å². The van der Waals surface area contributed by atoms with Gasteiger partial charge in [-0.2, -0.15) is 0 Å². The van der Waals surface area contributed by atoms with Crippen molar-refractivity contribution in [1.82, 2.24) is 9.97 Å². The highest BCUT2D eigenvalue weighted by Crippen LogP contribution is 2.32. The quantitative estimate of drug-likeness (QED) is 0.228. The van der Waals surface area contributed by atoms with Crippen LogP contribution in [-0.4, -0.2) is 9.97 Å². The second-order valence-corrected chi connectivity index (χ2v) is 10.6. The van der Waals surface area contributed by atoms with E-state index in [1.54, 1.807) is 0 Å². The minimum Gasteiger partial charge on any atom is -0.246 e. The second kappa shape index (κ2) is 10.7. The van der Waals surface area contributed by atoms with Gasteiger partial charge in [0, 0.05) is 11.1 Å². The highest BCUT2D eigenvalue weighted by molar-refractivity contribution is 5.77. The first-order valence-corrected chi connectivity index (χ1v) is 13.8. The van der Waals surface area contributed by atoms with E-state index >= 15 is 0 Å². The summed E-state index contributed by atoms with van der Waals surface area (Å²) in [6.07, 6.45) is 0. The third-order valence-corrected chi connectivity index (χ3v) is 7.56. The number of rotatable bonds is 5. The van der Waals surface area contributed by atoms with E-state index in [0.717, 1.165) is 33.9 Å². The molecule has 0 saturated heterocycles. The summed E-state index contributed by atoms with van der Waals surface area (Å²) in [5, 5.41) is 0. The lowest BCUT2D eigenvalue weighted by Gasteiger charge is -2.12. The molecule has 4 aromatic carbocycles. The number of aromatic nitrogens is 2. The van der Waals surface area contributed by atoms with Crippen LogP contribution in [0.1, 0.15) is 22.3 Å². The molecule has 2 heteroatoms. The van der Waals surface area contributed by atoms with Gasteiger partial charge in [-0.25, -0.2) is 9.97 Å². The number of aryl methyl sites for hydroxylation is 4. The zero-order valence-electron chi connectivity index (χ0n) is 23.4. The zero-order chi connectivity index (χ0) is 27.6. The molecule has 0 unspecified atom stereocenters. The SMILES string of the molecule is Cc1ccc(-c2ccc(C)c(-c3cccc(-c4cccc(-c5cc(-c6ccc(C)cc6)ccc5C)n4)n3)c2)cc1. The van der Waals surface area contributed by atoms with Crippen LogP contribution in [0.4, 0.5) is 0 Å². The van der Waals surface area contributed by atoms with E-state index in [-0.39, 0.29) is 0 Å². The van der Waals surface area contributed by atoms with E-state index in [1.807, 2.05) is 12.1 Å². The fourth-order valence-corrected chi connectivity index (χ4v) is 5.10. The molecule has 0 N–H and O–H groups in total. The van der Waals surface area contributed by atoms with Crippen molar-refractivity contribution in [3.63, 3.8) is 0 Å². The molecule has 6 aromatic rings. The van der Waals surface area contributed by atoms with Gasteiger partial charge in [-0.3, -0.25) is 0 Å². The van der Waals surface area contributed by atoms with Crippen molar-refractivity contribution in [3.05, 3.63) is 144 Å². The Morgan fingerprint density at radius 3 is 1.10 bits per heavy atom. The van der Waals surface area contributed by atoms with Gasteiger partial charge >= 0.3 is 0 Å². The van der Waals surface area contributed by atoms with E-state index in [1.165, 1.54) is 44.5 Å². The molecule has 6 rings (SSSR count). The normalized spacial score (nSPS) is 11.0. The molecule has 0 atom stereocenters. The van der Waals surface area contributed by atoms with Crippen LogP contribution in [0.15, 0.2) is 121 Å². The molecule has 0 saturated carbocycles. The maximum atomic E-state index is 5.09. The van der Waals surface area contributed by atoms with Crippen molar-refractivity contribution in [2.45, 2.75) is 27.7 Å². The highest BCUT2D eigenvalue weighted by Gasteiger charge is 2.12. The largest absolute Gasteiger partial charge is 0.246 e. The number of hydrogen-bond acceptors (Lipinski definition) is 2. The minimum absolute atomic E-state index is 0.867. The lowest BCUT2D eigenvalue weighted by atomic mass is 9.96. The van der Waals surface area contributed by atoms with Crippen molar-refractivity contribution in [1.29, 1.82) is 0 Å². The zero-order valence-corrected chi connectivity index (χ0v) is 23.4. The first-order valence-electron chi connectivity index (χ1n) is 13.8. The Labute approximate surface area is 237 Å². The third kappa shape index (κ3) is 5.21. The average molecular weight is 517 g/mol. The molecule has 40 heavy (non-hydrogen) atoms. The van der Waals surface area contributed by atoms with Crippen molar-refractivity contribution in [2.75, 3.05) is 0 Å². The van der Waals surface area contributed by atoms with E-state index < -0.39 is 0 Å². The van der Waals surface area contributed by atoms with E-state index in [2.05, 4.69) is 137 Å². The van der Waals surface area contributed by atoms with Crippen molar-refractivity contribution >= 4 is 0 Å². The monoisotopic (exact) mass is 516 g/mol. The van der Waals surface area contributed by atoms with E-state index in [4.69, 9.17) is 9.97 Å². The molecule has 0 aliphatic carbocycles. The van der Waals surface area contributed by atoms with Crippen LogP contribution in [0.2, 0.25) is 0 Å². The number of pyridine rings is 2. The Balaban J connectivity index is 1.36. The maximum absolute atomic E-state index is 5.09. The number of benzene rings is 4. The van der Waals surface area contributed by atoms with Crippen molar-refractivity contribution in [2.24, 2.45) is 0 Å². The van der Waals surface area contributed by atoms with Crippen LogP contribution < -0.4 is 0 Å². The Morgan fingerprint density at radius 2 is 0.700 bits per heavy atom. The first kappa shape index (κ1) is 25.5. The van der Waals surface area contributed by atoms with Crippen molar-refractivity contribution < 1.29 is 0 Å². The van der Waals surface area contributed by atoms with E-state index in [0.29, 0.717) is 0 Å². The average Bonchev–Trinajstić information content (AvgIpc) is 2.99. The Bertz CT molecular complexity index is 1680. The van der Waals surface area contributed by atoms with Gasteiger partial charge in [0.25, 0.3) is 0 Å². The van der Waals surface area contributed by atoms with Crippen LogP contribution >= 0.6 is 0 Å². The molecule has 2 nitrogen and oxygen atoms in total. The van der Waals surface area contributed by atoms with Gasteiger partial charge in [-0.05, 0) is 97.5 Å². The fraction of sp³-hybridized carbons (Fsp3) is 0.105. The van der Waals surface area contributed by atoms with E-state index in [9.17, 15) is 0 Å². The smallest absolute Gasteiger partial charge is 0.0893 e. The Hall–Kier alpha value is -4.82. The van der Waals surface area contributed by atoms with Crippen LogP contribution in [0.3, 0.4) is 0 Å². The molecule has 2 heterocycles. The second-order valence-electron chi connectivity index (χ2n) is 10.6. The van der Waals surface area contributed by atoms with Crippen LogP contribution in [0.5, 0.6) is 0 Å². The molecule has 2 aromatic heterocycles. The minimum atomic E-state index is 0.867. The predicted octanol–water partition coefficient (Wildman–Crippen LogP) is 10.0. The lowest BCUT2D eigenvalue weighted by molar-refractivity contribution is 1.24. The molecule has 0 bridgehead atoms. The molecule has 0 fully saturated rings. The molecule has 194 valence electrons. The summed E-state index contributed by atoms with van der Waals surface area (Å²) in [7, 11) is 0. The van der Waals surface area contributed by atoms with Crippen LogP contribution in [0.25, 0.3) is 56.2 Å². The molecule has 0 radical (unpaired) electrons. The van der Waals surface area contributed by atoms with Gasteiger partial charge in [0.2, 0.25) is 0 Å². The molecular formula is C38H32N2. The summed E-state index contributed by atoms with van der Waals surface area (Å²) in [5.41, 5.74) is 15.6. The predicted molar refractivity (Wildman–Crippen MR) is 168 cm³/mol. The molecule has 0 amide bonds. The number of hydrogen-bond donors (Lipinski definition) is 0. The van der Waals surface area contributed by atoms with Crippen molar-refractivity contribution in [3.8, 4) is 56.2 Å². The lowest BCUT2D eigenvalue weighted by Crippen LogP contribution is -1.95. The van der Waals surface area contributed by atoms with Crippen LogP contribution in [-0.2, 0) is 0 Å². The van der Waals surface area contributed by atoms with Gasteiger partial charge in [0.1, 0.15) is 0 Å². The Morgan fingerprint density at radius 1 is 0.350 bits per heavy atom. The fourth-order valence-electron chi connectivity index (χ4n) is 5.10. The highest BCUT2D eigenvalue weighted by atomic mass is 14.8. The summed E-state index contributed by atoms with van der Waals surface area (Å²) in [4.78, 5) is 10.2. The molecule has 0 aliphatic heterocycles. The topological polar surface area (TPSA) is 25.8 Å². The summed E-state index contributed by atoms with van der Waals surface area (Å²) >= 11 is 0. The van der Waals surface area contributed by atoms with Gasteiger partial charge in [0.05, 0.1) is 22.8 Å². The van der Waals surface area contributed by atoms with Gasteiger partial charge < -0.3 is 0 Å². The van der Waals surface area contributed by atoms with Gasteiger partial charge in [-0.1, -0.05) is 96.1 Å². The van der Waals surface area contributed by atoms with Gasteiger partial charge in [0.15, 0.2) is 0 Å². The summed E-state index contributed by atoms with van der Waals surface area (Å²) in [5.74, 6) is 0. The third-order valence-electron chi connectivity index (χ3n) is 7.56.